The Morgan fingerprint density at radius 3 is 2.69 bits per heavy atom. The summed E-state index contributed by atoms with van der Waals surface area (Å²) in [7, 11) is 1.59. The molecule has 0 unspecified atom stereocenters. The summed E-state index contributed by atoms with van der Waals surface area (Å²) in [6.07, 6.45) is 0.875. The standard InChI is InChI=1S/C12H19NO3/c1-3-15-7-4-8-16-10-5-6-12(14-2)11(13)9-10/h5-6,9H,3-4,7-8,13H2,1-2H3. The number of rotatable bonds is 7. The summed E-state index contributed by atoms with van der Waals surface area (Å²) < 4.78 is 15.8. The minimum atomic E-state index is 0.588. The first-order chi connectivity index (χ1) is 7.77. The number of anilines is 1. The topological polar surface area (TPSA) is 53.7 Å². The summed E-state index contributed by atoms with van der Waals surface area (Å²) in [6, 6.07) is 5.41. The van der Waals surface area contributed by atoms with Gasteiger partial charge in [-0.25, -0.2) is 0 Å². The van der Waals surface area contributed by atoms with Crippen LogP contribution in [-0.2, 0) is 4.74 Å². The van der Waals surface area contributed by atoms with Crippen LogP contribution in [0.25, 0.3) is 0 Å². The van der Waals surface area contributed by atoms with Gasteiger partial charge < -0.3 is 19.9 Å². The van der Waals surface area contributed by atoms with Crippen molar-refractivity contribution in [1.29, 1.82) is 0 Å². The molecule has 0 aliphatic carbocycles. The van der Waals surface area contributed by atoms with Gasteiger partial charge in [-0.05, 0) is 19.1 Å². The molecule has 0 aromatic heterocycles. The number of ether oxygens (including phenoxy) is 3. The Morgan fingerprint density at radius 1 is 1.25 bits per heavy atom. The van der Waals surface area contributed by atoms with Gasteiger partial charge in [-0.3, -0.25) is 0 Å². The Kier molecular flexibility index (Phi) is 5.50. The average Bonchev–Trinajstić information content (AvgIpc) is 2.29. The molecule has 0 radical (unpaired) electrons. The zero-order valence-corrected chi connectivity index (χ0v) is 9.86. The second-order valence-corrected chi connectivity index (χ2v) is 3.30. The maximum atomic E-state index is 5.75. The summed E-state index contributed by atoms with van der Waals surface area (Å²) in [6.45, 7) is 4.08. The normalized spacial score (nSPS) is 10.1. The third kappa shape index (κ3) is 3.98. The van der Waals surface area contributed by atoms with E-state index in [-0.39, 0.29) is 0 Å². The quantitative estimate of drug-likeness (QED) is 0.570. The summed E-state index contributed by atoms with van der Waals surface area (Å²) in [5.41, 5.74) is 6.34. The number of nitrogen functional groups attached to an aromatic ring is 1. The largest absolute Gasteiger partial charge is 0.495 e. The van der Waals surface area contributed by atoms with Crippen LogP contribution in [0.5, 0.6) is 11.5 Å². The zero-order valence-electron chi connectivity index (χ0n) is 9.86. The molecular weight excluding hydrogens is 206 g/mol. The minimum absolute atomic E-state index is 0.588. The molecule has 16 heavy (non-hydrogen) atoms. The third-order valence-electron chi connectivity index (χ3n) is 2.11. The first-order valence-corrected chi connectivity index (χ1v) is 5.42. The van der Waals surface area contributed by atoms with E-state index in [9.17, 15) is 0 Å². The molecule has 1 rings (SSSR count). The van der Waals surface area contributed by atoms with Gasteiger partial charge in [-0.2, -0.15) is 0 Å². The van der Waals surface area contributed by atoms with Gasteiger partial charge in [-0.15, -0.1) is 0 Å². The van der Waals surface area contributed by atoms with Gasteiger partial charge in [0.2, 0.25) is 0 Å². The van der Waals surface area contributed by atoms with Crippen LogP contribution in [0.2, 0.25) is 0 Å². The van der Waals surface area contributed by atoms with Crippen molar-refractivity contribution >= 4 is 5.69 Å². The fraction of sp³-hybridized carbons (Fsp3) is 0.500. The van der Waals surface area contributed by atoms with E-state index in [0.717, 1.165) is 25.4 Å². The Labute approximate surface area is 96.3 Å². The van der Waals surface area contributed by atoms with Crippen molar-refractivity contribution in [3.8, 4) is 11.5 Å². The Morgan fingerprint density at radius 2 is 2.06 bits per heavy atom. The zero-order chi connectivity index (χ0) is 11.8. The summed E-state index contributed by atoms with van der Waals surface area (Å²) >= 11 is 0. The highest BCUT2D eigenvalue weighted by atomic mass is 16.5. The van der Waals surface area contributed by atoms with Crippen LogP contribution in [-0.4, -0.2) is 26.9 Å². The van der Waals surface area contributed by atoms with E-state index in [1.165, 1.54) is 0 Å². The molecule has 0 spiro atoms. The van der Waals surface area contributed by atoms with Crippen molar-refractivity contribution in [2.75, 3.05) is 32.7 Å². The van der Waals surface area contributed by atoms with Crippen LogP contribution in [0.3, 0.4) is 0 Å². The molecule has 1 aromatic carbocycles. The molecule has 0 saturated carbocycles. The average molecular weight is 225 g/mol. The van der Waals surface area contributed by atoms with Crippen LogP contribution < -0.4 is 15.2 Å². The maximum absolute atomic E-state index is 5.75. The predicted octanol–water partition coefficient (Wildman–Crippen LogP) is 2.08. The predicted molar refractivity (Wildman–Crippen MR) is 64.0 cm³/mol. The highest BCUT2D eigenvalue weighted by Crippen LogP contribution is 2.25. The van der Waals surface area contributed by atoms with E-state index in [0.29, 0.717) is 18.0 Å². The van der Waals surface area contributed by atoms with E-state index in [1.54, 1.807) is 19.2 Å². The van der Waals surface area contributed by atoms with Gasteiger partial charge in [0, 0.05) is 25.7 Å². The van der Waals surface area contributed by atoms with Crippen LogP contribution >= 0.6 is 0 Å². The number of hydrogen-bond donors (Lipinski definition) is 1. The van der Waals surface area contributed by atoms with Crippen molar-refractivity contribution in [3.05, 3.63) is 18.2 Å². The number of nitrogens with two attached hydrogens (primary N) is 1. The number of methoxy groups -OCH3 is 1. The molecule has 0 fully saturated rings. The van der Waals surface area contributed by atoms with Crippen molar-refractivity contribution in [1.82, 2.24) is 0 Å². The fourth-order valence-corrected chi connectivity index (χ4v) is 1.30. The summed E-state index contributed by atoms with van der Waals surface area (Å²) in [5.74, 6) is 1.43. The molecule has 0 aliphatic heterocycles. The molecule has 0 atom stereocenters. The number of benzene rings is 1. The molecule has 0 aliphatic rings. The molecular formula is C12H19NO3. The first kappa shape index (κ1) is 12.6. The lowest BCUT2D eigenvalue weighted by Crippen LogP contribution is -2.03. The third-order valence-corrected chi connectivity index (χ3v) is 2.11. The van der Waals surface area contributed by atoms with Crippen LogP contribution in [0.4, 0.5) is 5.69 Å². The van der Waals surface area contributed by atoms with E-state index < -0.39 is 0 Å². The van der Waals surface area contributed by atoms with Crippen molar-refractivity contribution in [2.24, 2.45) is 0 Å². The van der Waals surface area contributed by atoms with E-state index in [1.807, 2.05) is 13.0 Å². The van der Waals surface area contributed by atoms with Crippen molar-refractivity contribution in [2.45, 2.75) is 13.3 Å². The van der Waals surface area contributed by atoms with Crippen LogP contribution in [0.15, 0.2) is 18.2 Å². The minimum Gasteiger partial charge on any atom is -0.495 e. The molecule has 1 aromatic rings. The van der Waals surface area contributed by atoms with Gasteiger partial charge in [0.1, 0.15) is 11.5 Å². The lowest BCUT2D eigenvalue weighted by Gasteiger charge is -2.09. The Hall–Kier alpha value is -1.42. The molecule has 0 bridgehead atoms. The Bertz CT molecular complexity index is 315. The molecule has 0 saturated heterocycles. The SMILES string of the molecule is CCOCCCOc1ccc(OC)c(N)c1. The summed E-state index contributed by atoms with van der Waals surface area (Å²) in [4.78, 5) is 0. The van der Waals surface area contributed by atoms with Crippen molar-refractivity contribution < 1.29 is 14.2 Å². The van der Waals surface area contributed by atoms with E-state index >= 15 is 0 Å². The van der Waals surface area contributed by atoms with Gasteiger partial charge >= 0.3 is 0 Å². The molecule has 0 amide bonds. The van der Waals surface area contributed by atoms with Gasteiger partial charge in [0.25, 0.3) is 0 Å². The molecule has 2 N–H and O–H groups in total. The Balaban J connectivity index is 2.34. The molecule has 0 heterocycles. The van der Waals surface area contributed by atoms with Gasteiger partial charge in [-0.1, -0.05) is 0 Å². The van der Waals surface area contributed by atoms with Gasteiger partial charge in [0.15, 0.2) is 0 Å². The van der Waals surface area contributed by atoms with Gasteiger partial charge in [0.05, 0.1) is 19.4 Å². The number of hydrogen-bond acceptors (Lipinski definition) is 4. The first-order valence-electron chi connectivity index (χ1n) is 5.42. The van der Waals surface area contributed by atoms with Crippen LogP contribution in [0.1, 0.15) is 13.3 Å². The molecule has 4 nitrogen and oxygen atoms in total. The van der Waals surface area contributed by atoms with E-state index in [2.05, 4.69) is 0 Å². The van der Waals surface area contributed by atoms with Crippen LogP contribution in [0, 0.1) is 0 Å². The second-order valence-electron chi connectivity index (χ2n) is 3.30. The van der Waals surface area contributed by atoms with Crippen molar-refractivity contribution in [3.63, 3.8) is 0 Å². The lowest BCUT2D eigenvalue weighted by molar-refractivity contribution is 0.131. The van der Waals surface area contributed by atoms with E-state index in [4.69, 9.17) is 19.9 Å². The molecule has 90 valence electrons. The highest BCUT2D eigenvalue weighted by Gasteiger charge is 2.01. The molecule has 4 heteroatoms. The monoisotopic (exact) mass is 225 g/mol. The summed E-state index contributed by atoms with van der Waals surface area (Å²) in [5, 5.41) is 0. The lowest BCUT2D eigenvalue weighted by atomic mass is 10.3. The second kappa shape index (κ2) is 6.95. The maximum Gasteiger partial charge on any atom is 0.142 e. The fourth-order valence-electron chi connectivity index (χ4n) is 1.30. The highest BCUT2D eigenvalue weighted by molar-refractivity contribution is 5.56. The smallest absolute Gasteiger partial charge is 0.142 e.